The number of carbonyl (C=O) groups is 2. The Hall–Kier alpha value is -5.93. The molecule has 0 spiro atoms. The summed E-state index contributed by atoms with van der Waals surface area (Å²) >= 11 is 6.04. The maximum atomic E-state index is 12.9. The number of amides is 2. The standard InChI is InChI=1S/C24H25ClN6O.C24H27N7O/c25-24-27-8-7-19(28-24)18-11-17(12-26)22(29-21(18)15-3-4-15)30-9-10-31(23(32)16-5-6-16)20(13-30)14-1-2-14;25-12-17-11-18(19-7-8-27-24(26)28-19)21(15-3-4-15)29-22(17)30-9-10-31(23(32)16-5-6-16)20(13-30)14-1-2-14/h7-8,11,14-16,20H,1-6,9-10,13H2;7-8,11,14-16,20H,1-6,9-10,13H2,(H2,26,27,28)/t2*20-/m00/s1. The molecule has 6 heterocycles. The van der Waals surface area contributed by atoms with E-state index in [0.717, 1.165) is 98.6 Å². The van der Waals surface area contributed by atoms with Crippen LogP contribution >= 0.6 is 11.6 Å². The maximum Gasteiger partial charge on any atom is 0.226 e. The lowest BCUT2D eigenvalue weighted by Gasteiger charge is -2.43. The molecule has 4 aromatic rings. The molecule has 4 aromatic heterocycles. The minimum Gasteiger partial charge on any atom is -0.368 e. The van der Waals surface area contributed by atoms with Gasteiger partial charge < -0.3 is 25.3 Å². The van der Waals surface area contributed by atoms with E-state index in [1.54, 1.807) is 12.4 Å². The van der Waals surface area contributed by atoms with Crippen molar-refractivity contribution in [3.05, 3.63) is 64.5 Å². The molecule has 15 nitrogen and oxygen atoms in total. The van der Waals surface area contributed by atoms with Gasteiger partial charge in [-0.05, 0) is 125 Å². The number of anilines is 3. The molecule has 328 valence electrons. The highest BCUT2D eigenvalue weighted by molar-refractivity contribution is 6.28. The van der Waals surface area contributed by atoms with E-state index in [-0.39, 0.29) is 35.2 Å². The van der Waals surface area contributed by atoms with E-state index < -0.39 is 0 Å². The van der Waals surface area contributed by atoms with Gasteiger partial charge in [0.1, 0.15) is 23.8 Å². The first-order valence-electron chi connectivity index (χ1n) is 23.3. The first-order chi connectivity index (χ1) is 31.2. The van der Waals surface area contributed by atoms with Crippen molar-refractivity contribution in [2.24, 2.45) is 23.7 Å². The van der Waals surface area contributed by atoms with Crippen molar-refractivity contribution in [2.45, 2.75) is 101 Å². The highest BCUT2D eigenvalue weighted by Gasteiger charge is 2.47. The van der Waals surface area contributed by atoms with Crippen LogP contribution in [0.25, 0.3) is 22.5 Å². The molecule has 16 heteroatoms. The summed E-state index contributed by atoms with van der Waals surface area (Å²) in [6.45, 7) is 4.37. The second-order valence-corrected chi connectivity index (χ2v) is 19.5. The minimum atomic E-state index is 0.190. The molecule has 0 radical (unpaired) electrons. The van der Waals surface area contributed by atoms with E-state index >= 15 is 0 Å². The lowest BCUT2D eigenvalue weighted by molar-refractivity contribution is -0.136. The summed E-state index contributed by atoms with van der Waals surface area (Å²) in [6, 6.07) is 12.7. The second kappa shape index (κ2) is 16.6. The second-order valence-electron chi connectivity index (χ2n) is 19.2. The highest BCUT2D eigenvalue weighted by atomic mass is 35.5. The van der Waals surface area contributed by atoms with Crippen LogP contribution in [-0.4, -0.2) is 103 Å². The Morgan fingerprint density at radius 1 is 0.609 bits per heavy atom. The number of nitrogens with zero attached hydrogens (tertiary/aromatic N) is 12. The number of nitrogens with two attached hydrogens (primary N) is 1. The zero-order valence-corrected chi connectivity index (χ0v) is 36.7. The lowest BCUT2D eigenvalue weighted by atomic mass is 10.0. The van der Waals surface area contributed by atoms with Crippen LogP contribution in [0.15, 0.2) is 36.7 Å². The number of piperazine rings is 2. The van der Waals surface area contributed by atoms with Gasteiger partial charge in [0.15, 0.2) is 0 Å². The maximum absolute atomic E-state index is 12.9. The van der Waals surface area contributed by atoms with Gasteiger partial charge in [0.05, 0.1) is 46.0 Å². The number of nitrogen functional groups attached to an aromatic ring is 1. The third-order valence-corrected chi connectivity index (χ3v) is 14.5. The summed E-state index contributed by atoms with van der Waals surface area (Å²) in [7, 11) is 0. The summed E-state index contributed by atoms with van der Waals surface area (Å²) in [5.41, 5.74) is 12.1. The Morgan fingerprint density at radius 2 is 1.06 bits per heavy atom. The molecule has 2 atom stereocenters. The normalized spacial score (nSPS) is 23.2. The van der Waals surface area contributed by atoms with Crippen molar-refractivity contribution in [1.82, 2.24) is 39.7 Å². The number of hydrogen-bond donors (Lipinski definition) is 1. The molecule has 0 unspecified atom stereocenters. The van der Waals surface area contributed by atoms with E-state index in [2.05, 4.69) is 51.7 Å². The molecule has 8 aliphatic rings. The molecule has 12 rings (SSSR count). The Labute approximate surface area is 378 Å². The van der Waals surface area contributed by atoms with Gasteiger partial charge >= 0.3 is 0 Å². The first kappa shape index (κ1) is 40.8. The van der Waals surface area contributed by atoms with E-state index in [4.69, 9.17) is 27.3 Å². The van der Waals surface area contributed by atoms with E-state index in [1.807, 2.05) is 24.3 Å². The van der Waals surface area contributed by atoms with Gasteiger partial charge in [-0.1, -0.05) is 0 Å². The van der Waals surface area contributed by atoms with Crippen LogP contribution in [0, 0.1) is 46.3 Å². The molecule has 2 aliphatic heterocycles. The van der Waals surface area contributed by atoms with Crippen LogP contribution in [0.2, 0.25) is 5.28 Å². The molecule has 0 aromatic carbocycles. The zero-order chi connectivity index (χ0) is 43.6. The molecule has 6 aliphatic carbocycles. The van der Waals surface area contributed by atoms with Gasteiger partial charge in [0, 0.05) is 86.5 Å². The van der Waals surface area contributed by atoms with E-state index in [0.29, 0.717) is 84.2 Å². The zero-order valence-electron chi connectivity index (χ0n) is 35.9. The average molecular weight is 878 g/mol. The quantitative estimate of drug-likeness (QED) is 0.170. The summed E-state index contributed by atoms with van der Waals surface area (Å²) in [5, 5.41) is 20.2. The van der Waals surface area contributed by atoms with Gasteiger partial charge in [-0.2, -0.15) is 10.5 Å². The van der Waals surface area contributed by atoms with Crippen LogP contribution in [-0.2, 0) is 9.59 Å². The molecule has 2 N–H and O–H groups in total. The molecule has 2 amide bonds. The summed E-state index contributed by atoms with van der Waals surface area (Å²) in [6.07, 6.45) is 16.6. The van der Waals surface area contributed by atoms with Crippen LogP contribution in [0.5, 0.6) is 0 Å². The Balaban J connectivity index is 0.000000143. The van der Waals surface area contributed by atoms with Gasteiger partial charge in [-0.3, -0.25) is 9.59 Å². The minimum absolute atomic E-state index is 0.190. The fourth-order valence-electron chi connectivity index (χ4n) is 9.89. The molecular formula is C48H52ClN13O2. The van der Waals surface area contributed by atoms with Gasteiger partial charge in [0.25, 0.3) is 0 Å². The number of aromatic nitrogens is 6. The molecular weight excluding hydrogens is 826 g/mol. The van der Waals surface area contributed by atoms with Crippen molar-refractivity contribution in [2.75, 3.05) is 54.8 Å². The Bertz CT molecular complexity index is 2410. The SMILES string of the molecule is N#Cc1cc(-c2ccnc(Cl)n2)c(C2CC2)nc1N1CCN(C(=O)C2CC2)[C@H](C2CC2)C1.N#Cc1cc(-c2ccnc(N)n2)c(C2CC2)nc1N1CCN(C(=O)C2CC2)[C@H](C2CC2)C1. The van der Waals surface area contributed by atoms with E-state index in [1.165, 1.54) is 25.7 Å². The number of carbonyl (C=O) groups excluding carboxylic acids is 2. The predicted octanol–water partition coefficient (Wildman–Crippen LogP) is 6.49. The number of pyridine rings is 2. The largest absolute Gasteiger partial charge is 0.368 e. The molecule has 2 saturated heterocycles. The molecule has 0 bridgehead atoms. The van der Waals surface area contributed by atoms with Crippen LogP contribution < -0.4 is 15.5 Å². The Morgan fingerprint density at radius 3 is 1.45 bits per heavy atom. The van der Waals surface area contributed by atoms with Crippen LogP contribution in [0.4, 0.5) is 17.6 Å². The summed E-state index contributed by atoms with van der Waals surface area (Å²) in [4.78, 5) is 61.4. The lowest BCUT2D eigenvalue weighted by Crippen LogP contribution is -2.57. The van der Waals surface area contributed by atoms with Crippen molar-refractivity contribution in [1.29, 1.82) is 10.5 Å². The van der Waals surface area contributed by atoms with Gasteiger partial charge in [0.2, 0.25) is 23.0 Å². The molecule has 8 fully saturated rings. The average Bonchev–Trinajstić information content (AvgIpc) is 4.10. The highest BCUT2D eigenvalue weighted by Crippen LogP contribution is 2.48. The number of nitriles is 2. The topological polar surface area (TPSA) is 198 Å². The van der Waals surface area contributed by atoms with Crippen molar-refractivity contribution in [3.8, 4) is 34.7 Å². The van der Waals surface area contributed by atoms with E-state index in [9.17, 15) is 20.1 Å². The van der Waals surface area contributed by atoms with Crippen molar-refractivity contribution < 1.29 is 9.59 Å². The number of hydrogen-bond acceptors (Lipinski definition) is 13. The Kier molecular flexibility index (Phi) is 10.6. The van der Waals surface area contributed by atoms with Gasteiger partial charge in [-0.15, -0.1) is 0 Å². The first-order valence-corrected chi connectivity index (χ1v) is 23.7. The van der Waals surface area contributed by atoms with Gasteiger partial charge in [-0.25, -0.2) is 29.9 Å². The van der Waals surface area contributed by atoms with Crippen molar-refractivity contribution >= 4 is 41.0 Å². The summed E-state index contributed by atoms with van der Waals surface area (Å²) in [5.74, 6) is 4.84. The summed E-state index contributed by atoms with van der Waals surface area (Å²) < 4.78 is 0. The number of rotatable bonds is 10. The predicted molar refractivity (Wildman–Crippen MR) is 240 cm³/mol. The third-order valence-electron chi connectivity index (χ3n) is 14.3. The molecule has 64 heavy (non-hydrogen) atoms. The fraction of sp³-hybridized carbons (Fsp3) is 0.542. The van der Waals surface area contributed by atoms with Crippen LogP contribution in [0.3, 0.4) is 0 Å². The fourth-order valence-corrected chi connectivity index (χ4v) is 10.0. The monoisotopic (exact) mass is 877 g/mol. The van der Waals surface area contributed by atoms with Crippen LogP contribution in [0.1, 0.15) is 111 Å². The van der Waals surface area contributed by atoms with Crippen molar-refractivity contribution in [3.63, 3.8) is 0 Å². The molecule has 6 saturated carbocycles. The smallest absolute Gasteiger partial charge is 0.226 e. The third kappa shape index (κ3) is 8.42. The number of halogens is 1.